The third-order valence-corrected chi connectivity index (χ3v) is 7.75. The highest BCUT2D eigenvalue weighted by Crippen LogP contribution is 2.25. The van der Waals surface area contributed by atoms with Crippen LogP contribution in [0.5, 0.6) is 0 Å². The van der Waals surface area contributed by atoms with Crippen LogP contribution in [0.3, 0.4) is 0 Å². The van der Waals surface area contributed by atoms with E-state index in [0.29, 0.717) is 30.2 Å². The number of aryl methyl sites for hydroxylation is 2. The van der Waals surface area contributed by atoms with Gasteiger partial charge in [-0.2, -0.15) is 4.31 Å². The quantitative estimate of drug-likeness (QED) is 0.623. The number of nitrogens with one attached hydrogen (secondary N) is 1. The average molecular weight is 441 g/mol. The lowest BCUT2D eigenvalue weighted by molar-refractivity contribution is 0.102. The zero-order valence-corrected chi connectivity index (χ0v) is 18.8. The van der Waals surface area contributed by atoms with Crippen molar-refractivity contribution in [2.75, 3.05) is 18.4 Å². The molecule has 1 N–H and O–H groups in total. The van der Waals surface area contributed by atoms with E-state index in [1.54, 1.807) is 19.1 Å². The van der Waals surface area contributed by atoms with Crippen LogP contribution in [0.1, 0.15) is 48.5 Å². The van der Waals surface area contributed by atoms with Gasteiger partial charge in [0.15, 0.2) is 0 Å². The second-order valence-electron chi connectivity index (χ2n) is 7.97. The van der Waals surface area contributed by atoms with Crippen LogP contribution in [-0.4, -0.2) is 41.3 Å². The largest absolute Gasteiger partial charge is 0.310 e. The Morgan fingerprint density at radius 1 is 1.10 bits per heavy atom. The van der Waals surface area contributed by atoms with Crippen molar-refractivity contribution in [3.05, 3.63) is 53.6 Å². The lowest BCUT2D eigenvalue weighted by atomic mass is 10.1. The lowest BCUT2D eigenvalue weighted by Gasteiger charge is -2.26. The number of piperidine rings is 1. The summed E-state index contributed by atoms with van der Waals surface area (Å²) in [6.45, 7) is 5.61. The molecule has 0 unspecified atom stereocenters. The van der Waals surface area contributed by atoms with Crippen LogP contribution in [0.15, 0.2) is 47.4 Å². The predicted octanol–water partition coefficient (Wildman–Crippen LogP) is 4.18. The third-order valence-electron chi connectivity index (χ3n) is 5.71. The molecular weight excluding hydrogens is 412 g/mol. The van der Waals surface area contributed by atoms with Crippen molar-refractivity contribution in [3.63, 3.8) is 0 Å². The number of benzene rings is 2. The third kappa shape index (κ3) is 4.22. The molecule has 1 amide bonds. The van der Waals surface area contributed by atoms with Crippen LogP contribution in [0.4, 0.5) is 5.95 Å². The Hall–Kier alpha value is -2.71. The number of hydrogen-bond donors (Lipinski definition) is 1. The summed E-state index contributed by atoms with van der Waals surface area (Å²) in [5.41, 5.74) is 2.71. The Kier molecular flexibility index (Phi) is 6.11. The summed E-state index contributed by atoms with van der Waals surface area (Å²) in [6, 6.07) is 12.6. The molecule has 1 aromatic heterocycles. The summed E-state index contributed by atoms with van der Waals surface area (Å²) in [7, 11) is -3.63. The molecule has 0 aliphatic carbocycles. The van der Waals surface area contributed by atoms with Crippen LogP contribution < -0.4 is 5.32 Å². The molecule has 0 spiro atoms. The number of sulfonamides is 1. The van der Waals surface area contributed by atoms with Crippen molar-refractivity contribution in [3.8, 4) is 0 Å². The van der Waals surface area contributed by atoms with Crippen molar-refractivity contribution >= 4 is 32.9 Å². The molecule has 0 atom stereocenters. The van der Waals surface area contributed by atoms with E-state index in [0.717, 1.165) is 43.3 Å². The van der Waals surface area contributed by atoms with Gasteiger partial charge in [0.05, 0.1) is 15.9 Å². The zero-order chi connectivity index (χ0) is 22.0. The van der Waals surface area contributed by atoms with E-state index < -0.39 is 10.0 Å². The van der Waals surface area contributed by atoms with Crippen molar-refractivity contribution in [1.29, 1.82) is 0 Å². The van der Waals surface area contributed by atoms with Gasteiger partial charge >= 0.3 is 0 Å². The van der Waals surface area contributed by atoms with E-state index in [9.17, 15) is 13.2 Å². The number of amides is 1. The van der Waals surface area contributed by atoms with E-state index in [2.05, 4.69) is 17.2 Å². The lowest BCUT2D eigenvalue weighted by Crippen LogP contribution is -2.36. The maximum absolute atomic E-state index is 13.2. The van der Waals surface area contributed by atoms with E-state index in [1.807, 2.05) is 28.8 Å². The van der Waals surface area contributed by atoms with Crippen LogP contribution in [0.2, 0.25) is 0 Å². The van der Waals surface area contributed by atoms with Crippen LogP contribution >= 0.6 is 0 Å². The second kappa shape index (κ2) is 8.80. The molecule has 31 heavy (non-hydrogen) atoms. The molecule has 164 valence electrons. The molecule has 4 rings (SSSR count). The molecule has 1 aliphatic heterocycles. The monoisotopic (exact) mass is 440 g/mol. The van der Waals surface area contributed by atoms with E-state index in [1.165, 1.54) is 10.4 Å². The van der Waals surface area contributed by atoms with Gasteiger partial charge in [-0.15, -0.1) is 0 Å². The highest BCUT2D eigenvalue weighted by Gasteiger charge is 2.28. The number of rotatable bonds is 6. The Morgan fingerprint density at radius 3 is 2.58 bits per heavy atom. The summed E-state index contributed by atoms with van der Waals surface area (Å²) in [6.07, 6.45) is 3.68. The van der Waals surface area contributed by atoms with E-state index in [-0.39, 0.29) is 10.8 Å². The SMILES string of the molecule is CCCn1c(NC(=O)c2ccc(C)c(S(=O)(=O)N3CCCCC3)c2)nc2ccccc21. The highest BCUT2D eigenvalue weighted by molar-refractivity contribution is 7.89. The number of nitrogens with zero attached hydrogens (tertiary/aromatic N) is 3. The number of imidazole rings is 1. The fraction of sp³-hybridized carbons (Fsp3) is 0.391. The fourth-order valence-corrected chi connectivity index (χ4v) is 5.83. The second-order valence-corrected chi connectivity index (χ2v) is 9.88. The smallest absolute Gasteiger partial charge is 0.258 e. The number of anilines is 1. The molecule has 3 aromatic rings. The Bertz CT molecular complexity index is 1210. The number of carbonyl (C=O) groups excluding carboxylic acids is 1. The zero-order valence-electron chi connectivity index (χ0n) is 18.0. The molecule has 1 fully saturated rings. The minimum absolute atomic E-state index is 0.198. The molecule has 0 radical (unpaired) electrons. The number of carbonyl (C=O) groups is 1. The first-order valence-electron chi connectivity index (χ1n) is 10.8. The van der Waals surface area contributed by atoms with Crippen molar-refractivity contribution < 1.29 is 13.2 Å². The molecule has 1 saturated heterocycles. The van der Waals surface area contributed by atoms with Gasteiger partial charge < -0.3 is 4.57 Å². The van der Waals surface area contributed by atoms with E-state index >= 15 is 0 Å². The molecule has 0 saturated carbocycles. The van der Waals surface area contributed by atoms with Gasteiger partial charge in [0.25, 0.3) is 5.91 Å². The van der Waals surface area contributed by atoms with Crippen LogP contribution in [-0.2, 0) is 16.6 Å². The maximum Gasteiger partial charge on any atom is 0.258 e. The summed E-state index contributed by atoms with van der Waals surface area (Å²) < 4.78 is 29.9. The first kappa shape index (κ1) is 21.5. The van der Waals surface area contributed by atoms with E-state index in [4.69, 9.17) is 0 Å². The van der Waals surface area contributed by atoms with Crippen LogP contribution in [0, 0.1) is 6.92 Å². The van der Waals surface area contributed by atoms with Gasteiger partial charge in [0.1, 0.15) is 0 Å². The summed E-state index contributed by atoms with van der Waals surface area (Å²) >= 11 is 0. The summed E-state index contributed by atoms with van der Waals surface area (Å²) in [4.78, 5) is 17.8. The average Bonchev–Trinajstić information content (AvgIpc) is 3.12. The highest BCUT2D eigenvalue weighted by atomic mass is 32.2. The van der Waals surface area contributed by atoms with Gasteiger partial charge in [-0.3, -0.25) is 10.1 Å². The molecule has 1 aliphatic rings. The molecule has 8 heteroatoms. The summed E-state index contributed by atoms with van der Waals surface area (Å²) in [5.74, 6) is 0.0943. The maximum atomic E-state index is 13.2. The van der Waals surface area contributed by atoms with Crippen molar-refractivity contribution in [2.45, 2.75) is 51.0 Å². The molecule has 2 aromatic carbocycles. The molecule has 7 nitrogen and oxygen atoms in total. The first-order chi connectivity index (χ1) is 14.9. The normalized spacial score (nSPS) is 15.3. The van der Waals surface area contributed by atoms with Crippen molar-refractivity contribution in [2.24, 2.45) is 0 Å². The van der Waals surface area contributed by atoms with Crippen molar-refractivity contribution in [1.82, 2.24) is 13.9 Å². The standard InChI is InChI=1S/C23H28N4O3S/c1-3-13-27-20-10-6-5-9-19(20)24-23(27)25-22(28)18-12-11-17(2)21(16-18)31(29,30)26-14-7-4-8-15-26/h5-6,9-12,16H,3-4,7-8,13-15H2,1-2H3,(H,24,25,28). The molecule has 2 heterocycles. The van der Waals surface area contributed by atoms with Gasteiger partial charge in [-0.05, 0) is 56.0 Å². The topological polar surface area (TPSA) is 84.3 Å². The van der Waals surface area contributed by atoms with Gasteiger partial charge in [-0.1, -0.05) is 31.5 Å². The Labute approximate surface area is 183 Å². The summed E-state index contributed by atoms with van der Waals surface area (Å²) in [5, 5.41) is 2.88. The molecular formula is C23H28N4O3S. The Balaban J connectivity index is 1.65. The van der Waals surface area contributed by atoms with Crippen LogP contribution in [0.25, 0.3) is 11.0 Å². The minimum Gasteiger partial charge on any atom is -0.310 e. The number of para-hydroxylation sites is 2. The number of fused-ring (bicyclic) bond motifs is 1. The Morgan fingerprint density at radius 2 is 1.84 bits per heavy atom. The predicted molar refractivity (Wildman–Crippen MR) is 122 cm³/mol. The fourth-order valence-electron chi connectivity index (χ4n) is 4.06. The number of hydrogen-bond acceptors (Lipinski definition) is 4. The minimum atomic E-state index is -3.63. The van der Waals surface area contributed by atoms with Gasteiger partial charge in [0.2, 0.25) is 16.0 Å². The van der Waals surface area contributed by atoms with Gasteiger partial charge in [0, 0.05) is 25.2 Å². The number of aromatic nitrogens is 2. The van der Waals surface area contributed by atoms with Gasteiger partial charge in [-0.25, -0.2) is 13.4 Å². The molecule has 0 bridgehead atoms. The first-order valence-corrected chi connectivity index (χ1v) is 12.2.